The van der Waals surface area contributed by atoms with Crippen LogP contribution < -0.4 is 0 Å². The molecular weight excluding hydrogens is 278 g/mol. The number of carbonyl (C=O) groups excluding carboxylic acids is 1. The third kappa shape index (κ3) is 2.79. The zero-order valence-corrected chi connectivity index (χ0v) is 12.1. The molecule has 4 nitrogen and oxygen atoms in total. The minimum absolute atomic E-state index is 0.128. The van der Waals surface area contributed by atoms with E-state index in [9.17, 15) is 13.6 Å². The lowest BCUT2D eigenvalue weighted by molar-refractivity contribution is -0.152. The van der Waals surface area contributed by atoms with Gasteiger partial charge in [0.05, 0.1) is 17.9 Å². The summed E-state index contributed by atoms with van der Waals surface area (Å²) in [5.41, 5.74) is -1.14. The SMILES string of the molecule is CCOC(=O)C(C)(C)n1ccc(-c2c(F)cccc2F)n1. The molecule has 21 heavy (non-hydrogen) atoms. The van der Waals surface area contributed by atoms with Crippen LogP contribution in [-0.2, 0) is 15.1 Å². The summed E-state index contributed by atoms with van der Waals surface area (Å²) < 4.78 is 33.8. The number of halogens is 2. The van der Waals surface area contributed by atoms with Gasteiger partial charge >= 0.3 is 5.97 Å². The molecule has 0 aliphatic carbocycles. The van der Waals surface area contributed by atoms with Gasteiger partial charge in [-0.2, -0.15) is 5.10 Å². The molecule has 0 unspecified atom stereocenters. The van der Waals surface area contributed by atoms with Gasteiger partial charge in [0.25, 0.3) is 0 Å². The number of ether oxygens (including phenoxy) is 1. The fourth-order valence-corrected chi connectivity index (χ4v) is 1.91. The van der Waals surface area contributed by atoms with Crippen LogP contribution in [0.3, 0.4) is 0 Å². The molecule has 6 heteroatoms. The van der Waals surface area contributed by atoms with Gasteiger partial charge < -0.3 is 4.74 Å². The van der Waals surface area contributed by atoms with Crippen molar-refractivity contribution in [3.63, 3.8) is 0 Å². The van der Waals surface area contributed by atoms with Crippen LogP contribution in [0.15, 0.2) is 30.5 Å². The average Bonchev–Trinajstić information content (AvgIpc) is 2.89. The van der Waals surface area contributed by atoms with E-state index in [0.717, 1.165) is 12.1 Å². The minimum atomic E-state index is -1.06. The van der Waals surface area contributed by atoms with Crippen molar-refractivity contribution in [2.45, 2.75) is 26.3 Å². The van der Waals surface area contributed by atoms with Gasteiger partial charge in [-0.3, -0.25) is 4.68 Å². The number of hydrogen-bond donors (Lipinski definition) is 0. The van der Waals surface area contributed by atoms with Crippen LogP contribution in [0, 0.1) is 11.6 Å². The smallest absolute Gasteiger partial charge is 0.333 e. The molecule has 1 aromatic heterocycles. The molecule has 0 N–H and O–H groups in total. The van der Waals surface area contributed by atoms with Crippen molar-refractivity contribution in [1.82, 2.24) is 9.78 Å². The molecule has 0 spiro atoms. The van der Waals surface area contributed by atoms with Crippen molar-refractivity contribution in [3.05, 3.63) is 42.1 Å². The molecule has 1 aromatic carbocycles. The third-order valence-electron chi connectivity index (χ3n) is 3.16. The first kappa shape index (κ1) is 15.2. The Bertz CT molecular complexity index is 645. The third-order valence-corrected chi connectivity index (χ3v) is 3.16. The highest BCUT2D eigenvalue weighted by Crippen LogP contribution is 2.26. The number of benzene rings is 1. The van der Waals surface area contributed by atoms with E-state index in [0.29, 0.717) is 0 Å². The number of nitrogens with zero attached hydrogens (tertiary/aromatic N) is 2. The van der Waals surface area contributed by atoms with Gasteiger partial charge in [-0.25, -0.2) is 13.6 Å². The van der Waals surface area contributed by atoms with Crippen molar-refractivity contribution < 1.29 is 18.3 Å². The van der Waals surface area contributed by atoms with E-state index in [1.54, 1.807) is 20.8 Å². The molecule has 0 fully saturated rings. The second-order valence-electron chi connectivity index (χ2n) is 5.02. The first-order valence-electron chi connectivity index (χ1n) is 6.55. The lowest BCUT2D eigenvalue weighted by atomic mass is 10.1. The summed E-state index contributed by atoms with van der Waals surface area (Å²) in [5, 5.41) is 4.11. The summed E-state index contributed by atoms with van der Waals surface area (Å²) >= 11 is 0. The normalized spacial score (nSPS) is 11.5. The largest absolute Gasteiger partial charge is 0.464 e. The highest BCUT2D eigenvalue weighted by atomic mass is 19.1. The second-order valence-corrected chi connectivity index (χ2v) is 5.02. The van der Waals surface area contributed by atoms with Crippen LogP contribution in [0.25, 0.3) is 11.3 Å². The van der Waals surface area contributed by atoms with Gasteiger partial charge in [0.1, 0.15) is 11.6 Å². The maximum absolute atomic E-state index is 13.7. The quantitative estimate of drug-likeness (QED) is 0.814. The van der Waals surface area contributed by atoms with E-state index in [4.69, 9.17) is 4.74 Å². The summed E-state index contributed by atoms with van der Waals surface area (Å²) in [6, 6.07) is 5.07. The fourth-order valence-electron chi connectivity index (χ4n) is 1.91. The minimum Gasteiger partial charge on any atom is -0.464 e. The van der Waals surface area contributed by atoms with Crippen molar-refractivity contribution >= 4 is 5.97 Å². The zero-order valence-electron chi connectivity index (χ0n) is 12.1. The van der Waals surface area contributed by atoms with E-state index in [1.807, 2.05) is 0 Å². The standard InChI is InChI=1S/C15H16F2N2O2/c1-4-21-14(20)15(2,3)19-9-8-12(18-19)13-10(16)6-5-7-11(13)17/h5-9H,4H2,1-3H3. The lowest BCUT2D eigenvalue weighted by Crippen LogP contribution is -2.37. The molecule has 0 atom stereocenters. The summed E-state index contributed by atoms with van der Waals surface area (Å²) in [5.74, 6) is -1.86. The molecule has 2 aromatic rings. The molecule has 2 rings (SSSR count). The Labute approximate surface area is 121 Å². The topological polar surface area (TPSA) is 44.1 Å². The van der Waals surface area contributed by atoms with E-state index in [-0.39, 0.29) is 17.9 Å². The maximum Gasteiger partial charge on any atom is 0.333 e. The second kappa shape index (κ2) is 5.63. The van der Waals surface area contributed by atoms with Crippen molar-refractivity contribution in [2.75, 3.05) is 6.61 Å². The first-order chi connectivity index (χ1) is 9.87. The summed E-state index contributed by atoms with van der Waals surface area (Å²) in [6.07, 6.45) is 1.50. The highest BCUT2D eigenvalue weighted by molar-refractivity contribution is 5.77. The van der Waals surface area contributed by atoms with Crippen LogP contribution in [0.2, 0.25) is 0 Å². The predicted molar refractivity (Wildman–Crippen MR) is 73.5 cm³/mol. The van der Waals surface area contributed by atoms with E-state index in [1.165, 1.54) is 23.0 Å². The Hall–Kier alpha value is -2.24. The fraction of sp³-hybridized carbons (Fsp3) is 0.333. The molecule has 0 amide bonds. The molecule has 0 aliphatic heterocycles. The molecule has 112 valence electrons. The Morgan fingerprint density at radius 3 is 2.48 bits per heavy atom. The Kier molecular flexibility index (Phi) is 4.06. The zero-order chi connectivity index (χ0) is 15.6. The number of aromatic nitrogens is 2. The number of esters is 1. The van der Waals surface area contributed by atoms with Crippen molar-refractivity contribution in [1.29, 1.82) is 0 Å². The van der Waals surface area contributed by atoms with E-state index >= 15 is 0 Å². The molecular formula is C15H16F2N2O2. The summed E-state index contributed by atoms with van der Waals surface area (Å²) in [7, 11) is 0. The van der Waals surface area contributed by atoms with Crippen LogP contribution in [0.5, 0.6) is 0 Å². The summed E-state index contributed by atoms with van der Waals surface area (Å²) in [4.78, 5) is 11.9. The molecule has 0 bridgehead atoms. The predicted octanol–water partition coefficient (Wildman–Crippen LogP) is 3.13. The number of hydrogen-bond acceptors (Lipinski definition) is 3. The van der Waals surface area contributed by atoms with Crippen LogP contribution in [0.1, 0.15) is 20.8 Å². The van der Waals surface area contributed by atoms with Gasteiger partial charge in [-0.1, -0.05) is 6.07 Å². The molecule has 0 saturated heterocycles. The average molecular weight is 294 g/mol. The van der Waals surface area contributed by atoms with Crippen molar-refractivity contribution in [2.24, 2.45) is 0 Å². The molecule has 1 heterocycles. The monoisotopic (exact) mass is 294 g/mol. The molecule has 0 aliphatic rings. The molecule has 0 radical (unpaired) electrons. The van der Waals surface area contributed by atoms with Gasteiger partial charge in [-0.15, -0.1) is 0 Å². The van der Waals surface area contributed by atoms with E-state index in [2.05, 4.69) is 5.10 Å². The Morgan fingerprint density at radius 2 is 1.90 bits per heavy atom. The van der Waals surface area contributed by atoms with Gasteiger partial charge in [-0.05, 0) is 39.0 Å². The number of rotatable bonds is 4. The lowest BCUT2D eigenvalue weighted by Gasteiger charge is -2.22. The Morgan fingerprint density at radius 1 is 1.29 bits per heavy atom. The van der Waals surface area contributed by atoms with Crippen LogP contribution >= 0.6 is 0 Å². The first-order valence-corrected chi connectivity index (χ1v) is 6.55. The van der Waals surface area contributed by atoms with Crippen LogP contribution in [-0.4, -0.2) is 22.4 Å². The molecule has 0 saturated carbocycles. The Balaban J connectivity index is 2.41. The van der Waals surface area contributed by atoms with Gasteiger partial charge in [0.2, 0.25) is 0 Å². The van der Waals surface area contributed by atoms with E-state index < -0.39 is 23.1 Å². The maximum atomic E-state index is 13.7. The summed E-state index contributed by atoms with van der Waals surface area (Å²) in [6.45, 7) is 5.20. The highest BCUT2D eigenvalue weighted by Gasteiger charge is 2.32. The number of carbonyl (C=O) groups is 1. The van der Waals surface area contributed by atoms with Gasteiger partial charge in [0, 0.05) is 6.20 Å². The van der Waals surface area contributed by atoms with Gasteiger partial charge in [0.15, 0.2) is 5.54 Å². The van der Waals surface area contributed by atoms with Crippen LogP contribution in [0.4, 0.5) is 8.78 Å². The van der Waals surface area contributed by atoms with Crippen molar-refractivity contribution in [3.8, 4) is 11.3 Å².